The monoisotopic (exact) mass is 569 g/mol. The topological polar surface area (TPSA) is 144 Å². The van der Waals surface area contributed by atoms with Gasteiger partial charge in [0.25, 0.3) is 5.91 Å². The van der Waals surface area contributed by atoms with Gasteiger partial charge in [0.05, 0.1) is 0 Å². The van der Waals surface area contributed by atoms with Crippen molar-refractivity contribution in [1.29, 1.82) is 0 Å². The Labute approximate surface area is 236 Å². The maximum atomic E-state index is 13.7. The van der Waals surface area contributed by atoms with Gasteiger partial charge in [0, 0.05) is 27.7 Å². The summed E-state index contributed by atoms with van der Waals surface area (Å²) >= 11 is 0. The van der Waals surface area contributed by atoms with Crippen molar-refractivity contribution in [2.75, 3.05) is 6.61 Å². The zero-order valence-electron chi connectivity index (χ0n) is 23.0. The number of likely N-dealkylation sites (tertiary alicyclic amines) is 1. The van der Waals surface area contributed by atoms with Crippen LogP contribution < -0.4 is 4.74 Å². The molecular formula is C29H31NO11. The van der Waals surface area contributed by atoms with Crippen LogP contribution in [0.3, 0.4) is 0 Å². The Kier molecular flexibility index (Phi) is 9.23. The number of carbonyl (C=O) groups excluding carboxylic acids is 5. The summed E-state index contributed by atoms with van der Waals surface area (Å²) in [5.41, 5.74) is 0.695. The van der Waals surface area contributed by atoms with E-state index in [4.69, 9.17) is 28.4 Å². The van der Waals surface area contributed by atoms with Crippen molar-refractivity contribution >= 4 is 29.8 Å². The van der Waals surface area contributed by atoms with Crippen LogP contribution in [0, 0.1) is 0 Å². The molecule has 2 aromatic carbocycles. The molecule has 2 heterocycles. The Bertz CT molecular complexity index is 1270. The zero-order chi connectivity index (χ0) is 29.7. The molecule has 12 heteroatoms. The van der Waals surface area contributed by atoms with Crippen LogP contribution in [0.1, 0.15) is 39.3 Å². The van der Waals surface area contributed by atoms with Crippen LogP contribution in [0.4, 0.5) is 0 Å². The summed E-state index contributed by atoms with van der Waals surface area (Å²) in [4.78, 5) is 63.2. The van der Waals surface area contributed by atoms with Gasteiger partial charge in [0.2, 0.25) is 6.10 Å². The Morgan fingerprint density at radius 1 is 0.732 bits per heavy atom. The highest BCUT2D eigenvalue weighted by Gasteiger charge is 2.61. The van der Waals surface area contributed by atoms with Gasteiger partial charge in [-0.25, -0.2) is 0 Å². The van der Waals surface area contributed by atoms with E-state index in [0.717, 1.165) is 20.8 Å². The van der Waals surface area contributed by atoms with Crippen molar-refractivity contribution in [1.82, 2.24) is 4.90 Å². The van der Waals surface area contributed by atoms with E-state index in [1.807, 2.05) is 12.1 Å². The van der Waals surface area contributed by atoms with Gasteiger partial charge in [-0.2, -0.15) is 0 Å². The van der Waals surface area contributed by atoms with Gasteiger partial charge in [-0.1, -0.05) is 48.5 Å². The van der Waals surface area contributed by atoms with Gasteiger partial charge in [0.1, 0.15) is 24.5 Å². The summed E-state index contributed by atoms with van der Waals surface area (Å²) in [6, 6.07) is 17.1. The number of benzene rings is 2. The van der Waals surface area contributed by atoms with Crippen molar-refractivity contribution in [3.05, 3.63) is 66.2 Å². The molecule has 7 atom stereocenters. The Hall–Kier alpha value is -4.45. The first-order chi connectivity index (χ1) is 19.6. The number of esters is 4. The molecule has 1 amide bonds. The van der Waals surface area contributed by atoms with Crippen LogP contribution >= 0.6 is 0 Å². The van der Waals surface area contributed by atoms with E-state index in [0.29, 0.717) is 11.3 Å². The Morgan fingerprint density at radius 3 is 1.83 bits per heavy atom. The quantitative estimate of drug-likeness (QED) is 0.249. The molecule has 2 aliphatic heterocycles. The lowest BCUT2D eigenvalue weighted by Gasteiger charge is -2.55. The van der Waals surface area contributed by atoms with Crippen LogP contribution in [-0.2, 0) is 47.7 Å². The third-order valence-corrected chi connectivity index (χ3v) is 6.47. The third kappa shape index (κ3) is 6.83. The van der Waals surface area contributed by atoms with Gasteiger partial charge in [-0.05, 0) is 17.7 Å². The van der Waals surface area contributed by atoms with Gasteiger partial charge in [-0.15, -0.1) is 0 Å². The lowest BCUT2D eigenvalue weighted by Crippen LogP contribution is -2.73. The summed E-state index contributed by atoms with van der Waals surface area (Å²) in [6.45, 7) is 4.18. The fourth-order valence-electron chi connectivity index (χ4n) is 4.94. The highest BCUT2D eigenvalue weighted by molar-refractivity contribution is 5.89. The summed E-state index contributed by atoms with van der Waals surface area (Å²) in [6.07, 6.45) is -7.66. The first-order valence-electron chi connectivity index (χ1n) is 13.0. The largest absolute Gasteiger partial charge is 0.478 e. The summed E-state index contributed by atoms with van der Waals surface area (Å²) in [5, 5.41) is 0. The minimum Gasteiger partial charge on any atom is -0.478 e. The van der Waals surface area contributed by atoms with Crippen LogP contribution in [0.2, 0.25) is 0 Å². The van der Waals surface area contributed by atoms with Gasteiger partial charge in [0.15, 0.2) is 24.5 Å². The molecule has 0 N–H and O–H groups in total. The Balaban J connectivity index is 1.77. The minimum absolute atomic E-state index is 0.406. The van der Waals surface area contributed by atoms with E-state index in [-0.39, 0.29) is 0 Å². The van der Waals surface area contributed by atoms with Gasteiger partial charge in [-0.3, -0.25) is 28.9 Å². The smallest absolute Gasteiger partial charge is 0.303 e. The van der Waals surface area contributed by atoms with Gasteiger partial charge < -0.3 is 28.4 Å². The van der Waals surface area contributed by atoms with Crippen molar-refractivity contribution in [3.8, 4) is 5.75 Å². The number of hydrogen-bond acceptors (Lipinski definition) is 11. The average molecular weight is 570 g/mol. The molecule has 12 nitrogen and oxygen atoms in total. The van der Waals surface area contributed by atoms with Crippen molar-refractivity contribution in [3.63, 3.8) is 0 Å². The molecule has 2 fully saturated rings. The number of hydrogen-bond donors (Lipinski definition) is 0. The molecule has 0 aromatic heterocycles. The van der Waals surface area contributed by atoms with Crippen molar-refractivity contribution in [2.24, 2.45) is 0 Å². The molecular weight excluding hydrogens is 538 g/mol. The van der Waals surface area contributed by atoms with Crippen LogP contribution in [-0.4, -0.2) is 78.0 Å². The number of para-hydroxylation sites is 1. The third-order valence-electron chi connectivity index (χ3n) is 6.47. The maximum absolute atomic E-state index is 13.7. The fourth-order valence-corrected chi connectivity index (χ4v) is 4.94. The molecule has 2 saturated heterocycles. The Morgan fingerprint density at radius 2 is 1.27 bits per heavy atom. The minimum atomic E-state index is -1.41. The maximum Gasteiger partial charge on any atom is 0.303 e. The van der Waals surface area contributed by atoms with E-state index in [1.54, 1.807) is 48.5 Å². The second kappa shape index (κ2) is 12.8. The number of rotatable bonds is 9. The van der Waals surface area contributed by atoms with Crippen molar-refractivity contribution < 1.29 is 52.4 Å². The van der Waals surface area contributed by atoms with E-state index in [2.05, 4.69) is 0 Å². The number of nitrogens with zero attached hydrogens (tertiary/aromatic N) is 1. The zero-order valence-corrected chi connectivity index (χ0v) is 23.0. The van der Waals surface area contributed by atoms with Crippen molar-refractivity contribution in [2.45, 2.75) is 70.5 Å². The normalized spacial score (nSPS) is 27.2. The number of amides is 1. The second-order valence-corrected chi connectivity index (χ2v) is 9.54. The molecule has 2 aliphatic rings. The predicted molar refractivity (Wildman–Crippen MR) is 139 cm³/mol. The highest BCUT2D eigenvalue weighted by atomic mass is 16.7. The summed E-state index contributed by atoms with van der Waals surface area (Å²) in [7, 11) is 0. The molecule has 5 unspecified atom stereocenters. The fraction of sp³-hybridized carbons (Fsp3) is 0.414. The summed E-state index contributed by atoms with van der Waals surface area (Å²) < 4.78 is 34.0. The number of β-lactam (4-membered cyclic amide) rings is 1. The average Bonchev–Trinajstić information content (AvgIpc) is 2.92. The van der Waals surface area contributed by atoms with Crippen LogP contribution in [0.15, 0.2) is 60.7 Å². The van der Waals surface area contributed by atoms with Gasteiger partial charge >= 0.3 is 23.9 Å². The molecule has 0 aliphatic carbocycles. The number of ether oxygens (including phenoxy) is 6. The first-order valence-corrected chi connectivity index (χ1v) is 13.0. The highest BCUT2D eigenvalue weighted by Crippen LogP contribution is 2.43. The molecule has 2 aromatic rings. The molecule has 0 spiro atoms. The van der Waals surface area contributed by atoms with E-state index in [1.165, 1.54) is 11.8 Å². The molecule has 218 valence electrons. The van der Waals surface area contributed by atoms with E-state index < -0.39 is 79.2 Å². The lowest BCUT2D eigenvalue weighted by molar-refractivity contribution is -0.291. The molecule has 0 radical (unpaired) electrons. The number of carbonyl (C=O) groups is 5. The SMILES string of the molecule is CC(=O)OCC1OC(N2C(=O)[C@@H](Oc3ccccc3)[C@H]2c2ccccc2)C(OC(C)=O)C(OC(C)=O)C1OC(C)=O. The molecule has 41 heavy (non-hydrogen) atoms. The van der Waals surface area contributed by atoms with E-state index >= 15 is 0 Å². The van der Waals surface area contributed by atoms with Crippen LogP contribution in [0.25, 0.3) is 0 Å². The van der Waals surface area contributed by atoms with Crippen LogP contribution in [0.5, 0.6) is 5.75 Å². The standard InChI is InChI=1S/C29H31NO11/c1-16(31)36-15-22-24(37-17(2)32)26(38-18(3)33)27(39-19(4)34)29(41-22)30-23(20-11-7-5-8-12-20)25(28(30)35)40-21-13-9-6-10-14-21/h5-14,22-27,29H,15H2,1-4H3/t22?,23-,24?,25+,26?,27?,29?/m1/s1. The molecule has 4 rings (SSSR count). The lowest BCUT2D eigenvalue weighted by atomic mass is 9.87. The van der Waals surface area contributed by atoms with E-state index in [9.17, 15) is 24.0 Å². The molecule has 0 saturated carbocycles. The summed E-state index contributed by atoms with van der Waals surface area (Å²) in [5.74, 6) is -2.95. The second-order valence-electron chi connectivity index (χ2n) is 9.54. The molecule has 0 bridgehead atoms. The first kappa shape index (κ1) is 29.5. The predicted octanol–water partition coefficient (Wildman–Crippen LogP) is 2.10.